The molecule has 0 bridgehead atoms. The lowest BCUT2D eigenvalue weighted by molar-refractivity contribution is -0.137. The largest absolute Gasteiger partial charge is 0.416 e. The molecule has 1 aromatic carbocycles. The first kappa shape index (κ1) is 13.0. The fraction of sp³-hybridized carbons (Fsp3) is 0.455. The van der Waals surface area contributed by atoms with E-state index in [-0.39, 0.29) is 12.5 Å². The van der Waals surface area contributed by atoms with E-state index in [1.54, 1.807) is 0 Å². The highest BCUT2D eigenvalue weighted by Gasteiger charge is 2.29. The van der Waals surface area contributed by atoms with Crippen molar-refractivity contribution in [2.45, 2.75) is 12.6 Å². The number of halogens is 3. The van der Waals surface area contributed by atoms with Crippen molar-refractivity contribution in [3.8, 4) is 0 Å². The van der Waals surface area contributed by atoms with Crippen molar-refractivity contribution in [2.24, 2.45) is 11.7 Å². The van der Waals surface area contributed by atoms with E-state index in [2.05, 4.69) is 0 Å². The molecule has 0 saturated heterocycles. The molecule has 0 saturated carbocycles. The van der Waals surface area contributed by atoms with Gasteiger partial charge in [0.15, 0.2) is 0 Å². The molecule has 1 atom stereocenters. The molecule has 0 aliphatic carbocycles. The molecule has 16 heavy (non-hydrogen) atoms. The van der Waals surface area contributed by atoms with Crippen LogP contribution in [-0.2, 0) is 12.6 Å². The lowest BCUT2D eigenvalue weighted by atomic mass is 9.99. The number of hydrogen-bond donors (Lipinski definition) is 2. The van der Waals surface area contributed by atoms with Gasteiger partial charge in [-0.25, -0.2) is 0 Å². The molecule has 0 spiro atoms. The molecule has 90 valence electrons. The van der Waals surface area contributed by atoms with E-state index in [0.717, 1.165) is 17.7 Å². The number of aliphatic hydroxyl groups is 1. The van der Waals surface area contributed by atoms with Crippen LogP contribution in [0.2, 0.25) is 0 Å². The molecular weight excluding hydrogens is 219 g/mol. The summed E-state index contributed by atoms with van der Waals surface area (Å²) in [6, 6.07) is 4.92. The second-order valence-electron chi connectivity index (χ2n) is 3.68. The molecule has 3 N–H and O–H groups in total. The lowest BCUT2D eigenvalue weighted by Gasteiger charge is -2.12. The predicted molar refractivity (Wildman–Crippen MR) is 54.8 cm³/mol. The molecule has 1 unspecified atom stereocenters. The first-order valence-corrected chi connectivity index (χ1v) is 4.94. The maximum atomic E-state index is 12.3. The minimum Gasteiger partial charge on any atom is -0.396 e. The van der Waals surface area contributed by atoms with Crippen LogP contribution in [0.4, 0.5) is 13.2 Å². The monoisotopic (exact) mass is 233 g/mol. The van der Waals surface area contributed by atoms with E-state index >= 15 is 0 Å². The third kappa shape index (κ3) is 3.50. The zero-order chi connectivity index (χ0) is 12.2. The van der Waals surface area contributed by atoms with E-state index in [0.29, 0.717) is 13.0 Å². The topological polar surface area (TPSA) is 46.2 Å². The van der Waals surface area contributed by atoms with Crippen molar-refractivity contribution in [1.82, 2.24) is 0 Å². The van der Waals surface area contributed by atoms with Crippen molar-refractivity contribution in [2.75, 3.05) is 13.2 Å². The number of rotatable bonds is 4. The average Bonchev–Trinajstić information content (AvgIpc) is 2.25. The average molecular weight is 233 g/mol. The molecule has 0 aromatic heterocycles. The third-order valence-electron chi connectivity index (χ3n) is 2.40. The van der Waals surface area contributed by atoms with Gasteiger partial charge in [-0.15, -0.1) is 0 Å². The summed E-state index contributed by atoms with van der Waals surface area (Å²) in [7, 11) is 0. The summed E-state index contributed by atoms with van der Waals surface area (Å²) < 4.78 is 36.8. The van der Waals surface area contributed by atoms with Gasteiger partial charge < -0.3 is 10.8 Å². The van der Waals surface area contributed by atoms with Gasteiger partial charge in [0.2, 0.25) is 0 Å². The zero-order valence-electron chi connectivity index (χ0n) is 8.67. The van der Waals surface area contributed by atoms with Gasteiger partial charge in [0.25, 0.3) is 0 Å². The highest BCUT2D eigenvalue weighted by molar-refractivity contribution is 5.24. The minimum absolute atomic E-state index is 0.0580. The Bertz CT molecular complexity index is 317. The normalized spacial score (nSPS) is 13.8. The van der Waals surface area contributed by atoms with Crippen LogP contribution in [0.25, 0.3) is 0 Å². The maximum absolute atomic E-state index is 12.3. The Morgan fingerprint density at radius 1 is 1.19 bits per heavy atom. The van der Waals surface area contributed by atoms with Crippen LogP contribution >= 0.6 is 0 Å². The summed E-state index contributed by atoms with van der Waals surface area (Å²) in [5.74, 6) is -0.100. The van der Waals surface area contributed by atoms with Crippen LogP contribution in [0.1, 0.15) is 11.1 Å². The minimum atomic E-state index is -4.30. The lowest BCUT2D eigenvalue weighted by Crippen LogP contribution is -2.20. The number of alkyl halides is 3. The van der Waals surface area contributed by atoms with Crippen LogP contribution in [0.15, 0.2) is 24.3 Å². The number of nitrogens with two attached hydrogens (primary N) is 1. The van der Waals surface area contributed by atoms with E-state index in [9.17, 15) is 13.2 Å². The van der Waals surface area contributed by atoms with Gasteiger partial charge in [0.1, 0.15) is 0 Å². The van der Waals surface area contributed by atoms with Gasteiger partial charge in [0.05, 0.1) is 5.56 Å². The van der Waals surface area contributed by atoms with Gasteiger partial charge in [0, 0.05) is 6.61 Å². The Balaban J connectivity index is 2.72. The van der Waals surface area contributed by atoms with Gasteiger partial charge in [-0.1, -0.05) is 12.1 Å². The molecule has 0 fully saturated rings. The van der Waals surface area contributed by atoms with Crippen molar-refractivity contribution < 1.29 is 18.3 Å². The summed E-state index contributed by atoms with van der Waals surface area (Å²) >= 11 is 0. The quantitative estimate of drug-likeness (QED) is 0.833. The summed E-state index contributed by atoms with van der Waals surface area (Å²) in [5, 5.41) is 8.91. The maximum Gasteiger partial charge on any atom is 0.416 e. The number of benzene rings is 1. The molecule has 0 aliphatic heterocycles. The fourth-order valence-corrected chi connectivity index (χ4v) is 1.39. The SMILES string of the molecule is NCC(CO)Cc1ccc(C(F)(F)F)cc1. The Kier molecular flexibility index (Phi) is 4.32. The van der Waals surface area contributed by atoms with E-state index in [1.807, 2.05) is 0 Å². The molecule has 0 heterocycles. The first-order valence-electron chi connectivity index (χ1n) is 4.94. The van der Waals surface area contributed by atoms with Crippen molar-refractivity contribution in [3.05, 3.63) is 35.4 Å². The Morgan fingerprint density at radius 2 is 1.75 bits per heavy atom. The first-order chi connectivity index (χ1) is 7.47. The summed E-state index contributed by atoms with van der Waals surface area (Å²) in [6.07, 6.45) is -3.81. The van der Waals surface area contributed by atoms with Crippen LogP contribution in [0.5, 0.6) is 0 Å². The Morgan fingerprint density at radius 3 is 2.12 bits per heavy atom. The van der Waals surface area contributed by atoms with Gasteiger partial charge >= 0.3 is 6.18 Å². The van der Waals surface area contributed by atoms with Crippen LogP contribution in [0, 0.1) is 5.92 Å². The second kappa shape index (κ2) is 5.32. The summed E-state index contributed by atoms with van der Waals surface area (Å²) in [6.45, 7) is 0.259. The van der Waals surface area contributed by atoms with Crippen molar-refractivity contribution >= 4 is 0 Å². The van der Waals surface area contributed by atoms with Crippen molar-refractivity contribution in [1.29, 1.82) is 0 Å². The zero-order valence-corrected chi connectivity index (χ0v) is 8.67. The predicted octanol–water partition coefficient (Wildman–Crippen LogP) is 1.82. The van der Waals surface area contributed by atoms with Gasteiger partial charge in [-0.2, -0.15) is 13.2 Å². The third-order valence-corrected chi connectivity index (χ3v) is 2.40. The molecule has 2 nitrogen and oxygen atoms in total. The number of hydrogen-bond acceptors (Lipinski definition) is 2. The molecule has 0 radical (unpaired) electrons. The molecule has 0 aliphatic rings. The molecule has 0 amide bonds. The Hall–Kier alpha value is -1.07. The van der Waals surface area contributed by atoms with Crippen LogP contribution < -0.4 is 5.73 Å². The van der Waals surface area contributed by atoms with Gasteiger partial charge in [-0.05, 0) is 36.6 Å². The number of aliphatic hydroxyl groups excluding tert-OH is 1. The summed E-state index contributed by atoms with van der Waals surface area (Å²) in [5.41, 5.74) is 5.48. The van der Waals surface area contributed by atoms with E-state index in [1.165, 1.54) is 12.1 Å². The smallest absolute Gasteiger partial charge is 0.396 e. The Labute approximate surface area is 91.9 Å². The van der Waals surface area contributed by atoms with E-state index < -0.39 is 11.7 Å². The van der Waals surface area contributed by atoms with Crippen LogP contribution in [-0.4, -0.2) is 18.3 Å². The summed E-state index contributed by atoms with van der Waals surface area (Å²) in [4.78, 5) is 0. The second-order valence-corrected chi connectivity index (χ2v) is 3.68. The molecule has 5 heteroatoms. The molecule has 1 aromatic rings. The molecule has 1 rings (SSSR count). The van der Waals surface area contributed by atoms with Crippen molar-refractivity contribution in [3.63, 3.8) is 0 Å². The molecular formula is C11H14F3NO. The highest BCUT2D eigenvalue weighted by atomic mass is 19.4. The standard InChI is InChI=1S/C11H14F3NO/c12-11(13,14)10-3-1-8(2-4-10)5-9(6-15)7-16/h1-4,9,16H,5-7,15H2. The van der Waals surface area contributed by atoms with Crippen LogP contribution in [0.3, 0.4) is 0 Å². The van der Waals surface area contributed by atoms with E-state index in [4.69, 9.17) is 10.8 Å². The fourth-order valence-electron chi connectivity index (χ4n) is 1.39. The van der Waals surface area contributed by atoms with Gasteiger partial charge in [-0.3, -0.25) is 0 Å². The highest BCUT2D eigenvalue weighted by Crippen LogP contribution is 2.29.